The van der Waals surface area contributed by atoms with Gasteiger partial charge in [0, 0.05) is 24.7 Å². The molecule has 1 amide bonds. The summed E-state index contributed by atoms with van der Waals surface area (Å²) < 4.78 is 18.8. The zero-order valence-electron chi connectivity index (χ0n) is 13.1. The van der Waals surface area contributed by atoms with Gasteiger partial charge in [0.1, 0.15) is 5.75 Å². The second-order valence-electron chi connectivity index (χ2n) is 5.26. The number of methoxy groups -OCH3 is 1. The summed E-state index contributed by atoms with van der Waals surface area (Å²) in [5.41, 5.74) is 1.47. The van der Waals surface area contributed by atoms with E-state index in [4.69, 9.17) is 14.2 Å². The highest BCUT2D eigenvalue weighted by Crippen LogP contribution is 2.36. The van der Waals surface area contributed by atoms with Gasteiger partial charge in [-0.15, -0.1) is 0 Å². The van der Waals surface area contributed by atoms with Gasteiger partial charge >= 0.3 is 0 Å². The van der Waals surface area contributed by atoms with E-state index < -0.39 is 0 Å². The van der Waals surface area contributed by atoms with E-state index in [0.29, 0.717) is 21.9 Å². The molecule has 0 spiro atoms. The van der Waals surface area contributed by atoms with Crippen LogP contribution in [0.5, 0.6) is 17.2 Å². The summed E-state index contributed by atoms with van der Waals surface area (Å²) in [5, 5.41) is 0. The van der Waals surface area contributed by atoms with Gasteiger partial charge in [0.05, 0.1) is 17.3 Å². The molecule has 1 aliphatic rings. The Morgan fingerprint density at radius 2 is 1.92 bits per heavy atom. The third kappa shape index (κ3) is 2.43. The van der Waals surface area contributed by atoms with Crippen molar-refractivity contribution < 1.29 is 19.0 Å². The normalized spacial score (nSPS) is 13.5. The number of nitrogens with zero attached hydrogens (tertiary/aromatic N) is 2. The van der Waals surface area contributed by atoms with E-state index in [-0.39, 0.29) is 12.7 Å². The average Bonchev–Trinajstić information content (AvgIpc) is 3.18. The number of carbonyl (C=O) groups is 1. The minimum absolute atomic E-state index is 0.240. The molecule has 3 aromatic rings. The van der Waals surface area contributed by atoms with Gasteiger partial charge in [-0.1, -0.05) is 11.3 Å². The number of ether oxygens (including phenoxy) is 3. The lowest BCUT2D eigenvalue weighted by Crippen LogP contribution is -2.13. The number of benzene rings is 2. The summed E-state index contributed by atoms with van der Waals surface area (Å²) in [5.74, 6) is 1.84. The van der Waals surface area contributed by atoms with E-state index >= 15 is 0 Å². The number of carbonyl (C=O) groups excluding carboxylic acids is 1. The predicted octanol–water partition coefficient (Wildman–Crippen LogP) is 2.72. The highest BCUT2D eigenvalue weighted by molar-refractivity contribution is 7.16. The maximum atomic E-state index is 12.4. The van der Waals surface area contributed by atoms with Crippen LogP contribution in [-0.2, 0) is 7.05 Å². The molecule has 0 bridgehead atoms. The van der Waals surface area contributed by atoms with Crippen molar-refractivity contribution in [2.75, 3.05) is 13.9 Å². The summed E-state index contributed by atoms with van der Waals surface area (Å²) >= 11 is 1.44. The van der Waals surface area contributed by atoms with Crippen LogP contribution in [0.15, 0.2) is 41.4 Å². The van der Waals surface area contributed by atoms with E-state index in [2.05, 4.69) is 4.99 Å². The zero-order chi connectivity index (χ0) is 16.7. The molecule has 0 unspecified atom stereocenters. The standard InChI is InChI=1S/C17H14N2O4S/c1-19-12-7-13-14(23-9-22-13)8-15(12)24-17(19)18-16(20)10-3-5-11(21-2)6-4-10/h3-8H,9H2,1-2H3. The number of amides is 1. The number of hydrogen-bond acceptors (Lipinski definition) is 5. The van der Waals surface area contributed by atoms with Gasteiger partial charge < -0.3 is 18.8 Å². The molecule has 0 radical (unpaired) electrons. The molecule has 0 saturated heterocycles. The maximum Gasteiger partial charge on any atom is 0.279 e. The first-order valence-electron chi connectivity index (χ1n) is 7.28. The molecule has 122 valence electrons. The molecule has 2 aromatic carbocycles. The van der Waals surface area contributed by atoms with Crippen molar-refractivity contribution in [2.45, 2.75) is 0 Å². The summed E-state index contributed by atoms with van der Waals surface area (Å²) in [6, 6.07) is 10.7. The van der Waals surface area contributed by atoms with Crippen LogP contribution >= 0.6 is 11.3 Å². The number of rotatable bonds is 2. The molecule has 2 heterocycles. The largest absolute Gasteiger partial charge is 0.497 e. The van der Waals surface area contributed by atoms with Gasteiger partial charge in [-0.05, 0) is 24.3 Å². The van der Waals surface area contributed by atoms with Crippen LogP contribution < -0.4 is 19.0 Å². The van der Waals surface area contributed by atoms with E-state index in [0.717, 1.165) is 16.0 Å². The molecule has 1 aromatic heterocycles. The smallest absolute Gasteiger partial charge is 0.279 e. The zero-order valence-corrected chi connectivity index (χ0v) is 13.9. The van der Waals surface area contributed by atoms with Gasteiger partial charge in [-0.25, -0.2) is 0 Å². The number of hydrogen-bond donors (Lipinski definition) is 0. The van der Waals surface area contributed by atoms with Gasteiger partial charge in [0.2, 0.25) is 6.79 Å². The quantitative estimate of drug-likeness (QED) is 0.718. The minimum Gasteiger partial charge on any atom is -0.497 e. The molecule has 1 aliphatic heterocycles. The molecule has 24 heavy (non-hydrogen) atoms. The molecule has 7 heteroatoms. The number of aryl methyl sites for hydroxylation is 1. The fourth-order valence-corrected chi connectivity index (χ4v) is 3.54. The Hall–Kier alpha value is -2.80. The van der Waals surface area contributed by atoms with Crippen LogP contribution in [0.3, 0.4) is 0 Å². The molecule has 0 aliphatic carbocycles. The Kier molecular flexibility index (Phi) is 3.50. The summed E-state index contributed by atoms with van der Waals surface area (Å²) in [6.45, 7) is 0.240. The van der Waals surface area contributed by atoms with Gasteiger partial charge in [-0.3, -0.25) is 4.79 Å². The summed E-state index contributed by atoms with van der Waals surface area (Å²) in [7, 11) is 3.46. The first-order chi connectivity index (χ1) is 11.7. The first-order valence-corrected chi connectivity index (χ1v) is 8.09. The fourth-order valence-electron chi connectivity index (χ4n) is 2.51. The van der Waals surface area contributed by atoms with Crippen molar-refractivity contribution in [1.82, 2.24) is 4.57 Å². The first kappa shape index (κ1) is 14.8. The second-order valence-corrected chi connectivity index (χ2v) is 6.27. The Morgan fingerprint density at radius 3 is 2.62 bits per heavy atom. The Bertz CT molecular complexity index is 1000. The molecule has 0 saturated carbocycles. The van der Waals surface area contributed by atoms with Gasteiger partial charge in [0.25, 0.3) is 5.91 Å². The number of thiazole rings is 1. The molecule has 0 N–H and O–H groups in total. The lowest BCUT2D eigenvalue weighted by Gasteiger charge is -2.00. The predicted molar refractivity (Wildman–Crippen MR) is 89.8 cm³/mol. The van der Waals surface area contributed by atoms with Crippen molar-refractivity contribution in [3.05, 3.63) is 46.8 Å². The van der Waals surface area contributed by atoms with Crippen LogP contribution in [0, 0.1) is 0 Å². The van der Waals surface area contributed by atoms with Crippen LogP contribution in [0.2, 0.25) is 0 Å². The van der Waals surface area contributed by atoms with E-state index in [9.17, 15) is 4.79 Å². The van der Waals surface area contributed by atoms with Crippen molar-refractivity contribution in [2.24, 2.45) is 12.0 Å². The highest BCUT2D eigenvalue weighted by Gasteiger charge is 2.17. The second kappa shape index (κ2) is 5.68. The van der Waals surface area contributed by atoms with Gasteiger partial charge in [0.15, 0.2) is 16.3 Å². The van der Waals surface area contributed by atoms with Crippen molar-refractivity contribution in [3.8, 4) is 17.2 Å². The van der Waals surface area contributed by atoms with Crippen LogP contribution in [0.1, 0.15) is 10.4 Å². The summed E-state index contributed by atoms with van der Waals surface area (Å²) in [6.07, 6.45) is 0. The lowest BCUT2D eigenvalue weighted by atomic mass is 10.2. The third-order valence-corrected chi connectivity index (χ3v) is 4.93. The molecular formula is C17H14N2O4S. The molecule has 4 rings (SSSR count). The third-order valence-electron chi connectivity index (χ3n) is 3.84. The maximum absolute atomic E-state index is 12.4. The van der Waals surface area contributed by atoms with Crippen molar-refractivity contribution in [3.63, 3.8) is 0 Å². The molecule has 0 atom stereocenters. The Labute approximate surface area is 141 Å². The Balaban J connectivity index is 1.76. The number of aromatic nitrogens is 1. The van der Waals surface area contributed by atoms with Crippen molar-refractivity contribution in [1.29, 1.82) is 0 Å². The van der Waals surface area contributed by atoms with Gasteiger partial charge in [-0.2, -0.15) is 4.99 Å². The summed E-state index contributed by atoms with van der Waals surface area (Å²) in [4.78, 5) is 17.2. The molecular weight excluding hydrogens is 328 g/mol. The SMILES string of the molecule is COc1ccc(C(=O)N=c2sc3cc4c(cc3n2C)OCO4)cc1. The Morgan fingerprint density at radius 1 is 1.21 bits per heavy atom. The van der Waals surface area contributed by atoms with E-state index in [1.807, 2.05) is 23.7 Å². The van der Waals surface area contributed by atoms with Crippen LogP contribution in [-0.4, -0.2) is 24.4 Å². The number of fused-ring (bicyclic) bond motifs is 2. The monoisotopic (exact) mass is 342 g/mol. The van der Waals surface area contributed by atoms with Crippen LogP contribution in [0.4, 0.5) is 0 Å². The van der Waals surface area contributed by atoms with E-state index in [1.54, 1.807) is 31.4 Å². The highest BCUT2D eigenvalue weighted by atomic mass is 32.1. The van der Waals surface area contributed by atoms with Crippen LogP contribution in [0.25, 0.3) is 10.2 Å². The topological polar surface area (TPSA) is 62.0 Å². The molecule has 0 fully saturated rings. The van der Waals surface area contributed by atoms with E-state index in [1.165, 1.54) is 11.3 Å². The average molecular weight is 342 g/mol. The fraction of sp³-hybridized carbons (Fsp3) is 0.176. The van der Waals surface area contributed by atoms with Crippen molar-refractivity contribution >= 4 is 27.5 Å². The minimum atomic E-state index is -0.292. The lowest BCUT2D eigenvalue weighted by molar-refractivity contribution is 0.0998. The molecule has 6 nitrogen and oxygen atoms in total.